The fraction of sp³-hybridized carbons (Fsp3) is 0.433. The molecule has 3 heterocycles. The van der Waals surface area contributed by atoms with Crippen LogP contribution in [0, 0.1) is 13.8 Å². The van der Waals surface area contributed by atoms with Crippen LogP contribution in [-0.2, 0) is 16.1 Å². The average molecular weight is 499 g/mol. The van der Waals surface area contributed by atoms with Crippen LogP contribution in [0.2, 0.25) is 0 Å². The Kier molecular flexibility index (Phi) is 6.32. The maximum atomic E-state index is 13.1. The van der Waals surface area contributed by atoms with Crippen molar-refractivity contribution in [3.63, 3.8) is 0 Å². The van der Waals surface area contributed by atoms with Gasteiger partial charge in [0, 0.05) is 31.7 Å². The quantitative estimate of drug-likeness (QED) is 0.312. The number of fused-ring (bicyclic) bond motifs is 1. The molecule has 37 heavy (non-hydrogen) atoms. The Morgan fingerprint density at radius 2 is 1.81 bits per heavy atom. The van der Waals surface area contributed by atoms with E-state index in [1.54, 1.807) is 0 Å². The SMILES string of the molecule is CO[C@H]1CC[C@H](n2c([C@@H]3CCC(=O)N3Cc3ccccc3)nc3cc(-c4c(C)noc4C)ccc32)CC1. The number of methoxy groups -OCH3 is 1. The zero-order valence-electron chi connectivity index (χ0n) is 21.8. The molecule has 4 aromatic rings. The topological polar surface area (TPSA) is 73.4 Å². The highest BCUT2D eigenvalue weighted by atomic mass is 16.5. The summed E-state index contributed by atoms with van der Waals surface area (Å²) in [6.45, 7) is 4.53. The standard InChI is InChI=1S/C30H34N4O3/c1-19-29(20(2)37-32-19)22-9-14-26-25(17-22)31-30(34(26)23-10-12-24(36-3)13-11-23)27-15-16-28(35)33(27)18-21-7-5-4-6-8-21/h4-9,14,17,23-24,27H,10-13,15-16,18H2,1-3H3/t23-,24-,27-/m0/s1. The lowest BCUT2D eigenvalue weighted by Gasteiger charge is -2.32. The molecule has 1 saturated heterocycles. The molecule has 0 spiro atoms. The number of aryl methyl sites for hydroxylation is 2. The molecule has 0 radical (unpaired) electrons. The predicted molar refractivity (Wildman–Crippen MR) is 142 cm³/mol. The number of carbonyl (C=O) groups is 1. The van der Waals surface area contributed by atoms with E-state index in [-0.39, 0.29) is 11.9 Å². The maximum absolute atomic E-state index is 13.1. The number of likely N-dealkylation sites (tertiary alicyclic amines) is 1. The fourth-order valence-electron chi connectivity index (χ4n) is 6.31. The summed E-state index contributed by atoms with van der Waals surface area (Å²) < 4.78 is 13.5. The number of benzene rings is 2. The molecule has 0 N–H and O–H groups in total. The van der Waals surface area contributed by atoms with Crippen LogP contribution in [-0.4, -0.2) is 38.7 Å². The van der Waals surface area contributed by atoms with Crippen LogP contribution in [0.4, 0.5) is 0 Å². The normalized spacial score (nSPS) is 22.3. The highest BCUT2D eigenvalue weighted by Crippen LogP contribution is 2.41. The van der Waals surface area contributed by atoms with Crippen LogP contribution >= 0.6 is 0 Å². The molecule has 7 heteroatoms. The van der Waals surface area contributed by atoms with E-state index in [9.17, 15) is 4.79 Å². The lowest BCUT2D eigenvalue weighted by Crippen LogP contribution is -2.30. The van der Waals surface area contributed by atoms with E-state index < -0.39 is 0 Å². The highest BCUT2D eigenvalue weighted by molar-refractivity contribution is 5.84. The van der Waals surface area contributed by atoms with Gasteiger partial charge < -0.3 is 18.7 Å². The summed E-state index contributed by atoms with van der Waals surface area (Å²) >= 11 is 0. The molecule has 0 unspecified atom stereocenters. The number of amides is 1. The molecule has 2 aromatic carbocycles. The van der Waals surface area contributed by atoms with Gasteiger partial charge in [-0.2, -0.15) is 0 Å². The number of aromatic nitrogens is 3. The number of carbonyl (C=O) groups excluding carboxylic acids is 1. The maximum Gasteiger partial charge on any atom is 0.223 e. The Balaban J connectivity index is 1.44. The number of rotatable bonds is 6. The van der Waals surface area contributed by atoms with Crippen LogP contribution in [0.1, 0.15) is 73.5 Å². The van der Waals surface area contributed by atoms with Crippen molar-refractivity contribution in [2.75, 3.05) is 7.11 Å². The van der Waals surface area contributed by atoms with E-state index in [4.69, 9.17) is 14.2 Å². The van der Waals surface area contributed by atoms with E-state index in [1.807, 2.05) is 44.1 Å². The Morgan fingerprint density at radius 1 is 1.03 bits per heavy atom. The zero-order valence-corrected chi connectivity index (χ0v) is 21.8. The lowest BCUT2D eigenvalue weighted by molar-refractivity contribution is -0.129. The Bertz CT molecular complexity index is 1400. The minimum atomic E-state index is -0.0391. The van der Waals surface area contributed by atoms with Gasteiger partial charge in [-0.15, -0.1) is 0 Å². The summed E-state index contributed by atoms with van der Waals surface area (Å²) in [7, 11) is 1.81. The summed E-state index contributed by atoms with van der Waals surface area (Å²) in [4.78, 5) is 20.4. The van der Waals surface area contributed by atoms with Gasteiger partial charge in [0.05, 0.1) is 28.9 Å². The molecule has 6 rings (SSSR count). The zero-order chi connectivity index (χ0) is 25.5. The highest BCUT2D eigenvalue weighted by Gasteiger charge is 2.37. The van der Waals surface area contributed by atoms with Gasteiger partial charge in [-0.3, -0.25) is 4.79 Å². The molecular formula is C30H34N4O3. The molecule has 1 atom stereocenters. The number of hydrogen-bond donors (Lipinski definition) is 0. The van der Waals surface area contributed by atoms with Gasteiger partial charge in [0.25, 0.3) is 0 Å². The van der Waals surface area contributed by atoms with Gasteiger partial charge in [-0.25, -0.2) is 4.98 Å². The summed E-state index contributed by atoms with van der Waals surface area (Å²) in [6.07, 6.45) is 5.83. The van der Waals surface area contributed by atoms with Gasteiger partial charge in [0.15, 0.2) is 0 Å². The number of imidazole rings is 1. The third-order valence-electron chi connectivity index (χ3n) is 8.20. The van der Waals surface area contributed by atoms with Crippen LogP contribution < -0.4 is 0 Å². The summed E-state index contributed by atoms with van der Waals surface area (Å²) in [6, 6.07) is 17.1. The Morgan fingerprint density at radius 3 is 2.51 bits per heavy atom. The van der Waals surface area contributed by atoms with E-state index in [0.29, 0.717) is 25.1 Å². The van der Waals surface area contributed by atoms with Crippen molar-refractivity contribution >= 4 is 16.9 Å². The molecule has 7 nitrogen and oxygen atoms in total. The van der Waals surface area contributed by atoms with Crippen molar-refractivity contribution < 1.29 is 14.1 Å². The lowest BCUT2D eigenvalue weighted by atomic mass is 9.92. The number of ether oxygens (including phenoxy) is 1. The van der Waals surface area contributed by atoms with Crippen molar-refractivity contribution in [3.05, 3.63) is 71.4 Å². The van der Waals surface area contributed by atoms with E-state index in [1.165, 1.54) is 0 Å². The molecule has 1 saturated carbocycles. The molecule has 2 aliphatic rings. The summed E-state index contributed by atoms with van der Waals surface area (Å²) in [5.41, 5.74) is 6.20. The van der Waals surface area contributed by atoms with E-state index in [0.717, 1.165) is 77.1 Å². The molecular weight excluding hydrogens is 464 g/mol. The molecule has 1 aliphatic heterocycles. The first-order valence-electron chi connectivity index (χ1n) is 13.3. The third kappa shape index (κ3) is 4.35. The molecule has 1 amide bonds. The summed E-state index contributed by atoms with van der Waals surface area (Å²) in [5.74, 6) is 2.02. The molecule has 0 bridgehead atoms. The molecule has 2 fully saturated rings. The second-order valence-electron chi connectivity index (χ2n) is 10.5. The molecule has 1 aliphatic carbocycles. The van der Waals surface area contributed by atoms with Crippen molar-refractivity contribution in [2.45, 2.75) is 77.1 Å². The largest absolute Gasteiger partial charge is 0.381 e. The minimum absolute atomic E-state index is 0.0391. The van der Waals surface area contributed by atoms with E-state index >= 15 is 0 Å². The Labute approximate surface area is 217 Å². The van der Waals surface area contributed by atoms with Crippen molar-refractivity contribution in [1.29, 1.82) is 0 Å². The average Bonchev–Trinajstić information content (AvgIpc) is 3.58. The van der Waals surface area contributed by atoms with Crippen LogP contribution in [0.15, 0.2) is 53.1 Å². The van der Waals surface area contributed by atoms with Crippen molar-refractivity contribution in [2.24, 2.45) is 0 Å². The van der Waals surface area contributed by atoms with Crippen molar-refractivity contribution in [3.8, 4) is 11.1 Å². The van der Waals surface area contributed by atoms with Gasteiger partial charge >= 0.3 is 0 Å². The number of nitrogens with zero attached hydrogens (tertiary/aromatic N) is 4. The first-order valence-corrected chi connectivity index (χ1v) is 13.3. The first-order chi connectivity index (χ1) is 18.0. The van der Waals surface area contributed by atoms with Crippen LogP contribution in [0.3, 0.4) is 0 Å². The van der Waals surface area contributed by atoms with Crippen LogP contribution in [0.25, 0.3) is 22.2 Å². The van der Waals surface area contributed by atoms with E-state index in [2.05, 4.69) is 40.1 Å². The van der Waals surface area contributed by atoms with Crippen molar-refractivity contribution in [1.82, 2.24) is 19.6 Å². The minimum Gasteiger partial charge on any atom is -0.381 e. The predicted octanol–water partition coefficient (Wildman–Crippen LogP) is 6.30. The van der Waals surface area contributed by atoms with Crippen LogP contribution in [0.5, 0.6) is 0 Å². The second-order valence-corrected chi connectivity index (χ2v) is 10.5. The molecule has 2 aromatic heterocycles. The Hall–Kier alpha value is -3.45. The van der Waals surface area contributed by atoms with Gasteiger partial charge in [-0.1, -0.05) is 41.6 Å². The molecule has 192 valence electrons. The fourth-order valence-corrected chi connectivity index (χ4v) is 6.31. The van der Waals surface area contributed by atoms with Gasteiger partial charge in [0.2, 0.25) is 5.91 Å². The second kappa shape index (κ2) is 9.78. The number of hydrogen-bond acceptors (Lipinski definition) is 5. The third-order valence-corrected chi connectivity index (χ3v) is 8.20. The van der Waals surface area contributed by atoms with Gasteiger partial charge in [0.1, 0.15) is 11.6 Å². The monoisotopic (exact) mass is 498 g/mol. The summed E-state index contributed by atoms with van der Waals surface area (Å²) in [5, 5.41) is 4.15. The van der Waals surface area contributed by atoms with Gasteiger partial charge in [-0.05, 0) is 69.2 Å². The smallest absolute Gasteiger partial charge is 0.223 e. The first kappa shape index (κ1) is 23.9.